The van der Waals surface area contributed by atoms with Crippen LogP contribution in [0.15, 0.2) is 59.5 Å². The van der Waals surface area contributed by atoms with Crippen molar-refractivity contribution >= 4 is 29.3 Å². The molecule has 136 valence electrons. The predicted molar refractivity (Wildman–Crippen MR) is 105 cm³/mol. The number of thioether (sulfide) groups is 1. The van der Waals surface area contributed by atoms with Crippen molar-refractivity contribution in [3.8, 4) is 0 Å². The van der Waals surface area contributed by atoms with Crippen molar-refractivity contribution in [3.63, 3.8) is 0 Å². The van der Waals surface area contributed by atoms with Gasteiger partial charge in [0.15, 0.2) is 0 Å². The van der Waals surface area contributed by atoms with E-state index in [0.29, 0.717) is 13.1 Å². The molecule has 5 nitrogen and oxygen atoms in total. The van der Waals surface area contributed by atoms with Gasteiger partial charge in [-0.1, -0.05) is 30.3 Å². The minimum Gasteiger partial charge on any atom is -0.354 e. The van der Waals surface area contributed by atoms with E-state index in [4.69, 9.17) is 5.73 Å². The minimum absolute atomic E-state index is 0.0191. The van der Waals surface area contributed by atoms with Crippen molar-refractivity contribution in [1.82, 2.24) is 5.32 Å². The van der Waals surface area contributed by atoms with Crippen molar-refractivity contribution in [2.45, 2.75) is 17.4 Å². The van der Waals surface area contributed by atoms with E-state index in [-0.39, 0.29) is 30.2 Å². The Morgan fingerprint density at radius 3 is 2.58 bits per heavy atom. The van der Waals surface area contributed by atoms with E-state index >= 15 is 0 Å². The lowest BCUT2D eigenvalue weighted by atomic mass is 10.1. The van der Waals surface area contributed by atoms with Gasteiger partial charge in [-0.25, -0.2) is 0 Å². The summed E-state index contributed by atoms with van der Waals surface area (Å²) in [7, 11) is 0. The predicted octanol–water partition coefficient (Wildman–Crippen LogP) is 2.58. The molecule has 6 heteroatoms. The van der Waals surface area contributed by atoms with Crippen LogP contribution in [0.2, 0.25) is 0 Å². The molecular formula is C20H23N3O2S. The average molecular weight is 369 g/mol. The lowest BCUT2D eigenvalue weighted by Gasteiger charge is -2.18. The largest absolute Gasteiger partial charge is 0.354 e. The molecule has 0 bridgehead atoms. The highest BCUT2D eigenvalue weighted by molar-refractivity contribution is 7.98. The van der Waals surface area contributed by atoms with Crippen LogP contribution in [0.25, 0.3) is 0 Å². The fraction of sp³-hybridized carbons (Fsp3) is 0.300. The quantitative estimate of drug-likeness (QED) is 0.768. The van der Waals surface area contributed by atoms with Gasteiger partial charge < -0.3 is 16.0 Å². The first-order valence-electron chi connectivity index (χ1n) is 8.61. The fourth-order valence-corrected chi connectivity index (χ4v) is 3.48. The van der Waals surface area contributed by atoms with Gasteiger partial charge in [0.05, 0.1) is 5.92 Å². The van der Waals surface area contributed by atoms with E-state index in [1.54, 1.807) is 16.7 Å². The third-order valence-electron chi connectivity index (χ3n) is 4.60. The normalized spacial score (nSPS) is 18.0. The Labute approximate surface area is 157 Å². The number of rotatable bonds is 6. The minimum atomic E-state index is -0.342. The number of hydrogen-bond donors (Lipinski definition) is 2. The van der Waals surface area contributed by atoms with Crippen molar-refractivity contribution in [2.75, 3.05) is 24.2 Å². The Hall–Kier alpha value is -2.31. The van der Waals surface area contributed by atoms with Gasteiger partial charge in [0.2, 0.25) is 11.8 Å². The summed E-state index contributed by atoms with van der Waals surface area (Å²) in [6, 6.07) is 17.2. The molecule has 0 aromatic heterocycles. The Morgan fingerprint density at radius 1 is 1.23 bits per heavy atom. The van der Waals surface area contributed by atoms with Gasteiger partial charge in [0, 0.05) is 36.1 Å². The van der Waals surface area contributed by atoms with Gasteiger partial charge in [-0.05, 0) is 36.1 Å². The van der Waals surface area contributed by atoms with Crippen LogP contribution in [0.3, 0.4) is 0 Å². The second-order valence-electron chi connectivity index (χ2n) is 6.37. The molecule has 1 saturated heterocycles. The monoisotopic (exact) mass is 369 g/mol. The summed E-state index contributed by atoms with van der Waals surface area (Å²) in [5.41, 5.74) is 7.94. The fourth-order valence-electron chi connectivity index (χ4n) is 3.07. The van der Waals surface area contributed by atoms with Crippen LogP contribution in [-0.2, 0) is 9.59 Å². The maximum Gasteiger partial charge on any atom is 0.227 e. The zero-order valence-electron chi connectivity index (χ0n) is 14.7. The van der Waals surface area contributed by atoms with Gasteiger partial charge in [-0.2, -0.15) is 0 Å². The van der Waals surface area contributed by atoms with E-state index < -0.39 is 0 Å². The number of nitrogens with one attached hydrogen (secondary N) is 1. The average Bonchev–Trinajstić information content (AvgIpc) is 3.08. The Kier molecular flexibility index (Phi) is 5.96. The molecule has 2 unspecified atom stereocenters. The van der Waals surface area contributed by atoms with Gasteiger partial charge in [0.25, 0.3) is 0 Å². The summed E-state index contributed by atoms with van der Waals surface area (Å²) >= 11 is 1.65. The van der Waals surface area contributed by atoms with Crippen LogP contribution in [-0.4, -0.2) is 31.2 Å². The molecule has 2 aromatic carbocycles. The first kappa shape index (κ1) is 18.5. The van der Waals surface area contributed by atoms with Crippen LogP contribution >= 0.6 is 11.8 Å². The van der Waals surface area contributed by atoms with E-state index in [9.17, 15) is 9.59 Å². The maximum absolute atomic E-state index is 12.5. The maximum atomic E-state index is 12.5. The molecule has 2 aromatic rings. The first-order valence-corrected chi connectivity index (χ1v) is 9.83. The third kappa shape index (κ3) is 4.26. The molecule has 3 rings (SSSR count). The summed E-state index contributed by atoms with van der Waals surface area (Å²) in [5, 5.41) is 2.89. The molecule has 1 heterocycles. The molecule has 2 atom stereocenters. The number of nitrogens with zero attached hydrogens (tertiary/aromatic N) is 1. The van der Waals surface area contributed by atoms with Gasteiger partial charge in [-0.15, -0.1) is 11.8 Å². The molecule has 1 aliphatic rings. The van der Waals surface area contributed by atoms with Crippen LogP contribution in [0.4, 0.5) is 5.69 Å². The van der Waals surface area contributed by atoms with E-state index in [1.165, 1.54) is 0 Å². The zero-order valence-corrected chi connectivity index (χ0v) is 15.5. The second kappa shape index (κ2) is 8.38. The molecule has 0 aliphatic carbocycles. The third-order valence-corrected chi connectivity index (χ3v) is 5.35. The first-order chi connectivity index (χ1) is 12.6. The summed E-state index contributed by atoms with van der Waals surface area (Å²) < 4.78 is 0. The van der Waals surface area contributed by atoms with Crippen molar-refractivity contribution < 1.29 is 9.59 Å². The van der Waals surface area contributed by atoms with Gasteiger partial charge >= 0.3 is 0 Å². The van der Waals surface area contributed by atoms with Crippen molar-refractivity contribution in [2.24, 2.45) is 11.7 Å². The second-order valence-corrected chi connectivity index (χ2v) is 7.25. The number of carbonyl (C=O) groups is 2. The highest BCUT2D eigenvalue weighted by Crippen LogP contribution is 2.27. The molecule has 0 spiro atoms. The number of nitrogens with two attached hydrogens (primary N) is 1. The lowest BCUT2D eigenvalue weighted by molar-refractivity contribution is -0.126. The molecule has 1 fully saturated rings. The topological polar surface area (TPSA) is 75.4 Å². The van der Waals surface area contributed by atoms with Crippen LogP contribution < -0.4 is 16.0 Å². The number of amides is 2. The smallest absolute Gasteiger partial charge is 0.227 e. The number of carbonyl (C=O) groups excluding carboxylic acids is 2. The van der Waals surface area contributed by atoms with E-state index in [1.807, 2.05) is 60.9 Å². The summed E-state index contributed by atoms with van der Waals surface area (Å²) in [5.74, 6) is -0.479. The van der Waals surface area contributed by atoms with Crippen molar-refractivity contribution in [3.05, 3.63) is 60.2 Å². The Balaban J connectivity index is 1.56. The van der Waals surface area contributed by atoms with E-state index in [2.05, 4.69) is 5.32 Å². The number of anilines is 1. The summed E-state index contributed by atoms with van der Waals surface area (Å²) in [6.45, 7) is 0.764. The Bertz CT molecular complexity index is 764. The zero-order chi connectivity index (χ0) is 18.5. The molecule has 0 radical (unpaired) electrons. The van der Waals surface area contributed by atoms with Crippen LogP contribution in [0.1, 0.15) is 18.0 Å². The molecule has 26 heavy (non-hydrogen) atoms. The highest BCUT2D eigenvalue weighted by Gasteiger charge is 2.35. The molecule has 2 amide bonds. The molecule has 1 aliphatic heterocycles. The van der Waals surface area contributed by atoms with Gasteiger partial charge in [0.1, 0.15) is 0 Å². The van der Waals surface area contributed by atoms with E-state index in [0.717, 1.165) is 16.1 Å². The lowest BCUT2D eigenvalue weighted by Crippen LogP contribution is -2.37. The molecule has 3 N–H and O–H groups in total. The molecular weight excluding hydrogens is 346 g/mol. The standard InChI is InChI=1S/C20H23N3O2S/c1-26-17-9-7-16(8-10-17)23-13-15(11-19(23)24)20(25)22-12-18(21)14-5-3-2-4-6-14/h2-10,15,18H,11-13,21H2,1H3,(H,22,25). The summed E-state index contributed by atoms with van der Waals surface area (Å²) in [4.78, 5) is 27.6. The highest BCUT2D eigenvalue weighted by atomic mass is 32.2. The van der Waals surface area contributed by atoms with Gasteiger partial charge in [-0.3, -0.25) is 9.59 Å². The number of hydrogen-bond acceptors (Lipinski definition) is 4. The van der Waals surface area contributed by atoms with Crippen LogP contribution in [0.5, 0.6) is 0 Å². The van der Waals surface area contributed by atoms with Crippen LogP contribution in [0, 0.1) is 5.92 Å². The van der Waals surface area contributed by atoms with Crippen molar-refractivity contribution in [1.29, 1.82) is 0 Å². The Morgan fingerprint density at radius 2 is 1.92 bits per heavy atom. The molecule has 0 saturated carbocycles. The SMILES string of the molecule is CSc1ccc(N2CC(C(=O)NCC(N)c3ccccc3)CC2=O)cc1. The summed E-state index contributed by atoms with van der Waals surface area (Å²) in [6.07, 6.45) is 2.24. The number of benzene rings is 2.